The van der Waals surface area contributed by atoms with Crippen molar-refractivity contribution in [3.8, 4) is 0 Å². The summed E-state index contributed by atoms with van der Waals surface area (Å²) in [6.07, 6.45) is 0. The fourth-order valence-corrected chi connectivity index (χ4v) is 0.712. The predicted molar refractivity (Wildman–Crippen MR) is 43.5 cm³/mol. The first-order valence-corrected chi connectivity index (χ1v) is 2.99. The molecule has 0 unspecified atom stereocenters. The molecule has 0 bridgehead atoms. The summed E-state index contributed by atoms with van der Waals surface area (Å²) >= 11 is 4.06. The molecule has 0 aliphatic heterocycles. The Kier molecular flexibility index (Phi) is 1.71. The SMILES string of the molecule is [B]c1cc(N)ccc1S. The summed E-state index contributed by atoms with van der Waals surface area (Å²) in [5.41, 5.74) is 6.71. The highest BCUT2D eigenvalue weighted by molar-refractivity contribution is 7.80. The quantitative estimate of drug-likeness (QED) is 0.299. The van der Waals surface area contributed by atoms with Crippen molar-refractivity contribution in [3.63, 3.8) is 0 Å². The monoisotopic (exact) mass is 135 g/mol. The van der Waals surface area contributed by atoms with Gasteiger partial charge in [0.15, 0.2) is 0 Å². The van der Waals surface area contributed by atoms with Gasteiger partial charge in [-0.25, -0.2) is 0 Å². The molecule has 0 atom stereocenters. The van der Waals surface area contributed by atoms with Crippen LogP contribution in [0, 0.1) is 0 Å². The Balaban J connectivity index is 3.17. The van der Waals surface area contributed by atoms with Gasteiger partial charge in [-0.15, -0.1) is 12.6 Å². The maximum absolute atomic E-state index is 5.46. The summed E-state index contributed by atoms with van der Waals surface area (Å²) in [6, 6.07) is 5.22. The summed E-state index contributed by atoms with van der Waals surface area (Å²) in [6.45, 7) is 0. The van der Waals surface area contributed by atoms with Gasteiger partial charge in [-0.2, -0.15) is 0 Å². The van der Waals surface area contributed by atoms with Gasteiger partial charge in [-0.3, -0.25) is 0 Å². The lowest BCUT2D eigenvalue weighted by molar-refractivity contribution is 1.54. The van der Waals surface area contributed by atoms with Crippen LogP contribution in [0.4, 0.5) is 5.69 Å². The van der Waals surface area contributed by atoms with Crippen LogP contribution in [-0.2, 0) is 0 Å². The zero-order chi connectivity index (χ0) is 6.85. The Bertz CT molecular complexity index is 224. The lowest BCUT2D eigenvalue weighted by atomic mass is 9.96. The van der Waals surface area contributed by atoms with Crippen LogP contribution in [0.5, 0.6) is 0 Å². The van der Waals surface area contributed by atoms with Crippen LogP contribution in [0.3, 0.4) is 0 Å². The van der Waals surface area contributed by atoms with Gasteiger partial charge in [0.1, 0.15) is 7.85 Å². The van der Waals surface area contributed by atoms with E-state index in [-0.39, 0.29) is 0 Å². The molecule has 0 aliphatic carbocycles. The fraction of sp³-hybridized carbons (Fsp3) is 0. The summed E-state index contributed by atoms with van der Waals surface area (Å²) in [5, 5.41) is 0. The van der Waals surface area contributed by atoms with Gasteiger partial charge in [-0.05, 0) is 23.1 Å². The number of hydrogen-bond acceptors (Lipinski definition) is 2. The molecule has 1 rings (SSSR count). The van der Waals surface area contributed by atoms with Crippen molar-refractivity contribution in [2.24, 2.45) is 0 Å². The zero-order valence-corrected chi connectivity index (χ0v) is 5.73. The molecule has 1 aromatic rings. The van der Waals surface area contributed by atoms with Crippen LogP contribution in [0.15, 0.2) is 23.1 Å². The molecular weight excluding hydrogens is 129 g/mol. The van der Waals surface area contributed by atoms with E-state index in [0.29, 0.717) is 11.2 Å². The zero-order valence-electron chi connectivity index (χ0n) is 4.83. The molecule has 3 heteroatoms. The molecule has 2 radical (unpaired) electrons. The number of hydrogen-bond donors (Lipinski definition) is 2. The van der Waals surface area contributed by atoms with Crippen molar-refractivity contribution in [2.45, 2.75) is 4.90 Å². The first-order chi connectivity index (χ1) is 4.20. The second-order valence-electron chi connectivity index (χ2n) is 1.82. The molecule has 2 N–H and O–H groups in total. The van der Waals surface area contributed by atoms with E-state index in [9.17, 15) is 0 Å². The van der Waals surface area contributed by atoms with Crippen molar-refractivity contribution in [2.75, 3.05) is 5.73 Å². The molecule has 0 aromatic heterocycles. The molecule has 0 saturated heterocycles. The van der Waals surface area contributed by atoms with Gasteiger partial charge in [0.2, 0.25) is 0 Å². The highest BCUT2D eigenvalue weighted by atomic mass is 32.1. The molecule has 0 aliphatic rings. The summed E-state index contributed by atoms with van der Waals surface area (Å²) in [4.78, 5) is 0.768. The van der Waals surface area contributed by atoms with Crippen LogP contribution in [0.2, 0.25) is 0 Å². The van der Waals surface area contributed by atoms with Crippen molar-refractivity contribution in [3.05, 3.63) is 18.2 Å². The summed E-state index contributed by atoms with van der Waals surface area (Å²) in [5.74, 6) is 0. The number of anilines is 1. The predicted octanol–water partition coefficient (Wildman–Crippen LogP) is 0.351. The number of nitrogen functional groups attached to an aromatic ring is 1. The third-order valence-corrected chi connectivity index (χ3v) is 1.46. The standard InChI is InChI=1S/C6H6BNS/c7-5-3-4(8)1-2-6(5)9/h1-3,9H,8H2. The second-order valence-corrected chi connectivity index (χ2v) is 2.30. The molecule has 0 spiro atoms. The molecule has 0 heterocycles. The molecule has 0 fully saturated rings. The van der Waals surface area contributed by atoms with Gasteiger partial charge in [0, 0.05) is 5.69 Å². The first kappa shape index (κ1) is 6.55. The maximum Gasteiger partial charge on any atom is 0.115 e. The van der Waals surface area contributed by atoms with E-state index in [4.69, 9.17) is 13.6 Å². The Morgan fingerprint density at radius 1 is 1.44 bits per heavy atom. The minimum atomic E-state index is 0.623. The van der Waals surface area contributed by atoms with Crippen molar-refractivity contribution >= 4 is 31.6 Å². The van der Waals surface area contributed by atoms with Crippen LogP contribution in [-0.4, -0.2) is 7.85 Å². The van der Waals surface area contributed by atoms with Gasteiger partial charge < -0.3 is 5.73 Å². The van der Waals surface area contributed by atoms with E-state index in [1.807, 2.05) is 0 Å². The molecule has 0 amide bonds. The van der Waals surface area contributed by atoms with E-state index < -0.39 is 0 Å². The van der Waals surface area contributed by atoms with E-state index in [1.165, 1.54) is 0 Å². The highest BCUT2D eigenvalue weighted by Crippen LogP contribution is 2.04. The van der Waals surface area contributed by atoms with Crippen molar-refractivity contribution in [1.29, 1.82) is 0 Å². The molecule has 1 nitrogen and oxygen atoms in total. The number of rotatable bonds is 0. The fourth-order valence-electron chi connectivity index (χ4n) is 0.573. The van der Waals surface area contributed by atoms with E-state index in [1.54, 1.807) is 18.2 Å². The Hall–Kier alpha value is -0.565. The van der Waals surface area contributed by atoms with Gasteiger partial charge in [0.25, 0.3) is 0 Å². The molecule has 9 heavy (non-hydrogen) atoms. The molecular formula is C6H6BNS. The third kappa shape index (κ3) is 1.42. The minimum absolute atomic E-state index is 0.623. The van der Waals surface area contributed by atoms with Gasteiger partial charge in [0.05, 0.1) is 0 Å². The normalized spacial score (nSPS) is 9.44. The lowest BCUT2D eigenvalue weighted by Gasteiger charge is -1.98. The smallest absolute Gasteiger partial charge is 0.115 e. The third-order valence-electron chi connectivity index (χ3n) is 1.05. The first-order valence-electron chi connectivity index (χ1n) is 2.54. The Morgan fingerprint density at radius 3 is 2.56 bits per heavy atom. The van der Waals surface area contributed by atoms with Crippen LogP contribution in [0.1, 0.15) is 0 Å². The lowest BCUT2D eigenvalue weighted by Crippen LogP contribution is -2.05. The Morgan fingerprint density at radius 2 is 2.11 bits per heavy atom. The van der Waals surface area contributed by atoms with Crippen LogP contribution in [0.25, 0.3) is 0 Å². The second kappa shape index (κ2) is 2.35. The van der Waals surface area contributed by atoms with Gasteiger partial charge in [-0.1, -0.05) is 5.46 Å². The number of nitrogens with two attached hydrogens (primary N) is 1. The largest absolute Gasteiger partial charge is 0.399 e. The maximum atomic E-state index is 5.46. The number of benzene rings is 1. The number of thiol groups is 1. The average Bonchev–Trinajstić information content (AvgIpc) is 1.80. The summed E-state index contributed by atoms with van der Waals surface area (Å²) in [7, 11) is 5.46. The van der Waals surface area contributed by atoms with E-state index in [0.717, 1.165) is 4.90 Å². The molecule has 0 saturated carbocycles. The average molecular weight is 135 g/mol. The van der Waals surface area contributed by atoms with E-state index in [2.05, 4.69) is 12.6 Å². The molecule has 1 aromatic carbocycles. The Labute approximate surface area is 61.1 Å². The highest BCUT2D eigenvalue weighted by Gasteiger charge is 1.90. The summed E-state index contributed by atoms with van der Waals surface area (Å²) < 4.78 is 0. The van der Waals surface area contributed by atoms with E-state index >= 15 is 0 Å². The minimum Gasteiger partial charge on any atom is -0.399 e. The topological polar surface area (TPSA) is 26.0 Å². The van der Waals surface area contributed by atoms with Crippen LogP contribution >= 0.6 is 12.6 Å². The van der Waals surface area contributed by atoms with Crippen molar-refractivity contribution in [1.82, 2.24) is 0 Å². The molecule has 44 valence electrons. The van der Waals surface area contributed by atoms with Crippen LogP contribution < -0.4 is 11.2 Å². The van der Waals surface area contributed by atoms with Gasteiger partial charge >= 0.3 is 0 Å². The van der Waals surface area contributed by atoms with Crippen molar-refractivity contribution < 1.29 is 0 Å².